The Hall–Kier alpha value is -3.82. The molecule has 48 heavy (non-hydrogen) atoms. The van der Waals surface area contributed by atoms with Gasteiger partial charge in [-0.05, 0) is 86.5 Å². The molecule has 0 heterocycles. The van der Waals surface area contributed by atoms with E-state index in [0.29, 0.717) is 47.9 Å². The van der Waals surface area contributed by atoms with Gasteiger partial charge in [0.2, 0.25) is 0 Å². The van der Waals surface area contributed by atoms with Crippen molar-refractivity contribution in [2.24, 2.45) is 23.3 Å². The first-order chi connectivity index (χ1) is 22.9. The van der Waals surface area contributed by atoms with E-state index in [-0.39, 0.29) is 46.7 Å². The maximum absolute atomic E-state index is 12.0. The summed E-state index contributed by atoms with van der Waals surface area (Å²) in [4.78, 5) is 23.9. The van der Waals surface area contributed by atoms with Crippen molar-refractivity contribution in [3.63, 3.8) is 0 Å². The molecule has 2 aromatic carbocycles. The average molecular weight is 671 g/mol. The van der Waals surface area contributed by atoms with Crippen LogP contribution in [0.4, 0.5) is 9.59 Å². The molecule has 268 valence electrons. The highest BCUT2D eigenvalue weighted by Gasteiger charge is 2.30. The number of amides is 2. The lowest BCUT2D eigenvalue weighted by Gasteiger charge is -2.28. The van der Waals surface area contributed by atoms with E-state index in [9.17, 15) is 30.0 Å². The van der Waals surface area contributed by atoms with E-state index >= 15 is 0 Å². The summed E-state index contributed by atoms with van der Waals surface area (Å²) in [7, 11) is 0. The fourth-order valence-electron chi connectivity index (χ4n) is 7.51. The summed E-state index contributed by atoms with van der Waals surface area (Å²) in [6.07, 6.45) is 7.81. The van der Waals surface area contributed by atoms with Crippen LogP contribution in [-0.2, 0) is 9.47 Å². The molecule has 0 aliphatic heterocycles. The van der Waals surface area contributed by atoms with Gasteiger partial charge in [-0.2, -0.15) is 0 Å². The van der Waals surface area contributed by atoms with E-state index in [1.165, 1.54) is 0 Å². The number of ether oxygens (including phenoxy) is 2. The Morgan fingerprint density at radius 3 is 1.23 bits per heavy atom. The molecular formula is C38H58N2O8. The molecule has 4 bridgehead atoms. The molecule has 4 aliphatic carbocycles. The van der Waals surface area contributed by atoms with Gasteiger partial charge in [0.15, 0.2) is 0 Å². The average Bonchev–Trinajstić information content (AvgIpc) is 3.01. The highest BCUT2D eigenvalue weighted by atomic mass is 16.6. The minimum absolute atomic E-state index is 0.0248. The largest absolute Gasteiger partial charge is 0.508 e. The number of aromatic hydroxyl groups is 4. The second kappa shape index (κ2) is 18.7. The molecule has 4 aliphatic rings. The third kappa shape index (κ3) is 10.6. The summed E-state index contributed by atoms with van der Waals surface area (Å²) >= 11 is 0. The summed E-state index contributed by atoms with van der Waals surface area (Å²) in [6.45, 7) is 8.10. The van der Waals surface area contributed by atoms with Gasteiger partial charge in [-0.25, -0.2) is 9.59 Å². The van der Waals surface area contributed by atoms with E-state index in [2.05, 4.69) is 13.8 Å². The summed E-state index contributed by atoms with van der Waals surface area (Å²) < 4.78 is 11.1. The fraction of sp³-hybridized carbons (Fsp3) is 0.632. The molecule has 0 aromatic heterocycles. The number of carbonyl (C=O) groups excluding carboxylic acids is 2. The number of unbranched alkanes of at least 4 members (excludes halogenated alkanes) is 2. The zero-order valence-corrected chi connectivity index (χ0v) is 29.2. The zero-order valence-electron chi connectivity index (χ0n) is 29.2. The van der Waals surface area contributed by atoms with Crippen LogP contribution in [0.3, 0.4) is 0 Å². The van der Waals surface area contributed by atoms with Gasteiger partial charge in [0, 0.05) is 22.3 Å². The Morgan fingerprint density at radius 1 is 0.625 bits per heavy atom. The predicted molar refractivity (Wildman–Crippen MR) is 186 cm³/mol. The van der Waals surface area contributed by atoms with Gasteiger partial charge in [-0.3, -0.25) is 0 Å². The van der Waals surface area contributed by atoms with E-state index in [0.717, 1.165) is 64.2 Å². The lowest BCUT2D eigenvalue weighted by atomic mass is 9.83. The number of carbonyl (C=O) groups is 2. The van der Waals surface area contributed by atoms with Gasteiger partial charge in [0.1, 0.15) is 35.2 Å². The first kappa shape index (κ1) is 38.6. The van der Waals surface area contributed by atoms with Crippen LogP contribution in [-0.4, -0.2) is 32.6 Å². The Balaban J connectivity index is 2.04. The van der Waals surface area contributed by atoms with Crippen LogP contribution in [0.2, 0.25) is 0 Å². The standard InChI is InChI=1S/C38H58N2O8/c1-5-7-15-25-17-11-9-13-23(3)36(48-38(40)46)28-21-31(43)34(32(44)22-28)26(16-8-6-2)18-12-10-14-24(4)35(47-37(39)45)27-19-29(41)33(25)30(42)20-27/h19-26,35-36,41-44H,5-18H2,1-4H3,(H2,39,45)(H2,40,46)/t23-,24-,25?,26?,35+,36+/m0/s1. The van der Waals surface area contributed by atoms with Crippen LogP contribution < -0.4 is 11.5 Å². The van der Waals surface area contributed by atoms with Crippen LogP contribution in [0.1, 0.15) is 164 Å². The highest BCUT2D eigenvalue weighted by molar-refractivity contribution is 5.65. The lowest BCUT2D eigenvalue weighted by molar-refractivity contribution is 0.0683. The molecule has 8 N–H and O–H groups in total. The number of phenolic OH excluding ortho intramolecular Hbond substituents is 4. The third-order valence-corrected chi connectivity index (χ3v) is 10.0. The Kier molecular flexibility index (Phi) is 15.0. The first-order valence-electron chi connectivity index (χ1n) is 17.9. The number of rotatable bonds is 8. The molecule has 6 rings (SSSR count). The fourth-order valence-corrected chi connectivity index (χ4v) is 7.51. The van der Waals surface area contributed by atoms with Crippen molar-refractivity contribution < 1.29 is 39.5 Å². The molecule has 0 spiro atoms. The van der Waals surface area contributed by atoms with Gasteiger partial charge < -0.3 is 41.4 Å². The molecule has 6 atom stereocenters. The van der Waals surface area contributed by atoms with E-state index in [4.69, 9.17) is 20.9 Å². The normalized spacial score (nSPS) is 24.3. The lowest BCUT2D eigenvalue weighted by Crippen LogP contribution is -2.22. The molecule has 0 fully saturated rings. The van der Waals surface area contributed by atoms with E-state index < -0.39 is 24.4 Å². The number of phenols is 4. The molecular weight excluding hydrogens is 612 g/mol. The maximum Gasteiger partial charge on any atom is 0.405 e. The Labute approximate surface area is 285 Å². The SMILES string of the molecule is CCCCC1CCCC[C@H](C)[C@@H](OC(N)=O)c2cc(O)c(c(O)c2)C(CCCC)CCCC[C@H](C)[C@@H](OC(N)=O)c2cc(O)c1c(O)c2. The predicted octanol–water partition coefficient (Wildman–Crippen LogP) is 9.44. The molecule has 2 unspecified atom stereocenters. The second-order valence-corrected chi connectivity index (χ2v) is 13.9. The van der Waals surface area contributed by atoms with Crippen molar-refractivity contribution in [1.29, 1.82) is 0 Å². The topological polar surface area (TPSA) is 186 Å². The summed E-state index contributed by atoms with van der Waals surface area (Å²) in [5.41, 5.74) is 12.9. The highest BCUT2D eigenvalue weighted by Crippen LogP contribution is 2.46. The molecule has 0 saturated carbocycles. The van der Waals surface area contributed by atoms with Crippen LogP contribution in [0.5, 0.6) is 23.0 Å². The van der Waals surface area contributed by atoms with Crippen LogP contribution in [0, 0.1) is 11.8 Å². The van der Waals surface area contributed by atoms with E-state index in [1.807, 2.05) is 13.8 Å². The van der Waals surface area contributed by atoms with Crippen LogP contribution in [0.15, 0.2) is 24.3 Å². The third-order valence-electron chi connectivity index (χ3n) is 10.0. The van der Waals surface area contributed by atoms with Gasteiger partial charge in [0.05, 0.1) is 0 Å². The first-order valence-corrected chi connectivity index (χ1v) is 17.9. The summed E-state index contributed by atoms with van der Waals surface area (Å²) in [6, 6.07) is 6.36. The van der Waals surface area contributed by atoms with Gasteiger partial charge in [0.25, 0.3) is 0 Å². The van der Waals surface area contributed by atoms with Gasteiger partial charge in [-0.1, -0.05) is 79.1 Å². The van der Waals surface area contributed by atoms with Crippen molar-refractivity contribution in [3.8, 4) is 23.0 Å². The minimum Gasteiger partial charge on any atom is -0.508 e. The number of primary amides is 2. The smallest absolute Gasteiger partial charge is 0.405 e. The Morgan fingerprint density at radius 2 is 0.938 bits per heavy atom. The molecule has 0 saturated heterocycles. The maximum atomic E-state index is 12.0. The monoisotopic (exact) mass is 670 g/mol. The van der Waals surface area contributed by atoms with Gasteiger partial charge >= 0.3 is 12.2 Å². The van der Waals surface area contributed by atoms with Crippen LogP contribution in [0.25, 0.3) is 0 Å². The number of hydrogen-bond acceptors (Lipinski definition) is 8. The second-order valence-electron chi connectivity index (χ2n) is 13.9. The quantitative estimate of drug-likeness (QED) is 0.160. The number of benzene rings is 2. The van der Waals surface area contributed by atoms with Crippen molar-refractivity contribution in [2.45, 2.75) is 142 Å². The number of hydrogen-bond donors (Lipinski definition) is 6. The molecule has 2 amide bonds. The van der Waals surface area contributed by atoms with Gasteiger partial charge in [-0.15, -0.1) is 0 Å². The van der Waals surface area contributed by atoms with Crippen molar-refractivity contribution in [3.05, 3.63) is 46.5 Å². The Bertz CT molecular complexity index is 1200. The molecule has 2 aromatic rings. The van der Waals surface area contributed by atoms with Crippen molar-refractivity contribution in [1.82, 2.24) is 0 Å². The van der Waals surface area contributed by atoms with E-state index in [1.54, 1.807) is 24.3 Å². The summed E-state index contributed by atoms with van der Waals surface area (Å²) in [5.74, 6) is -0.636. The van der Waals surface area contributed by atoms with Crippen molar-refractivity contribution in [2.75, 3.05) is 0 Å². The van der Waals surface area contributed by atoms with Crippen molar-refractivity contribution >= 4 is 12.2 Å². The number of nitrogens with two attached hydrogens (primary N) is 2. The summed E-state index contributed by atoms with van der Waals surface area (Å²) in [5, 5.41) is 45.1. The minimum atomic E-state index is -0.927. The van der Waals surface area contributed by atoms with Crippen LogP contribution >= 0.6 is 0 Å². The zero-order chi connectivity index (χ0) is 35.4. The molecule has 10 nitrogen and oxygen atoms in total. The molecule has 10 heteroatoms. The molecule has 0 radical (unpaired) electrons.